The third kappa shape index (κ3) is 13.3. The maximum atomic E-state index is 5.64. The summed E-state index contributed by atoms with van der Waals surface area (Å²) >= 11 is 0. The second-order valence-corrected chi connectivity index (χ2v) is 11.1. The Balaban J connectivity index is 1.89. The molecule has 0 spiro atoms. The van der Waals surface area contributed by atoms with E-state index in [9.17, 15) is 0 Å². The van der Waals surface area contributed by atoms with Crippen molar-refractivity contribution in [3.05, 3.63) is 0 Å². The third-order valence-corrected chi connectivity index (χ3v) is 8.55. The van der Waals surface area contributed by atoms with Gasteiger partial charge in [0.15, 0.2) is 0 Å². The standard InChI is InChI=1S/C12H25O5Si5/c1-2-3-4-5-6-7-8-9-10-11-12-22-16-20-14-18-13-19-15-21-17-22/h2-12H2,1H3. The zero-order valence-electron chi connectivity index (χ0n) is 13.3. The molecule has 0 aromatic heterocycles. The predicted octanol–water partition coefficient (Wildman–Crippen LogP) is 2.63. The molecule has 0 saturated carbocycles. The van der Waals surface area contributed by atoms with Gasteiger partial charge in [0.25, 0.3) is 0 Å². The molecule has 10 heteroatoms. The third-order valence-electron chi connectivity index (χ3n) is 3.30. The molecule has 9 radical (unpaired) electrons. The van der Waals surface area contributed by atoms with Crippen molar-refractivity contribution in [1.29, 1.82) is 0 Å². The fourth-order valence-corrected chi connectivity index (χ4v) is 7.32. The summed E-state index contributed by atoms with van der Waals surface area (Å²) in [5, 5.41) is 0. The molecule has 0 N–H and O–H groups in total. The van der Waals surface area contributed by atoms with Crippen LogP contribution >= 0.6 is 0 Å². The van der Waals surface area contributed by atoms with Gasteiger partial charge in [-0.05, 0) is 6.04 Å². The lowest BCUT2D eigenvalue weighted by atomic mass is 10.1. The van der Waals surface area contributed by atoms with E-state index in [0.29, 0.717) is 0 Å². The van der Waals surface area contributed by atoms with Gasteiger partial charge in [0.2, 0.25) is 0 Å². The van der Waals surface area contributed by atoms with Gasteiger partial charge in [-0.25, -0.2) is 0 Å². The van der Waals surface area contributed by atoms with E-state index in [4.69, 9.17) is 20.6 Å². The molecule has 0 aromatic carbocycles. The van der Waals surface area contributed by atoms with E-state index >= 15 is 0 Å². The van der Waals surface area contributed by atoms with Gasteiger partial charge in [0.1, 0.15) is 0 Å². The zero-order chi connectivity index (χ0) is 15.7. The van der Waals surface area contributed by atoms with E-state index in [1.54, 1.807) is 0 Å². The number of hydrogen-bond donors (Lipinski definition) is 0. The Morgan fingerprint density at radius 2 is 1.05 bits per heavy atom. The quantitative estimate of drug-likeness (QED) is 0.401. The summed E-state index contributed by atoms with van der Waals surface area (Å²) in [6.45, 7) is 2.27. The summed E-state index contributed by atoms with van der Waals surface area (Å²) in [5.41, 5.74) is 0. The van der Waals surface area contributed by atoms with E-state index in [1.807, 2.05) is 0 Å². The molecular weight excluding hydrogens is 365 g/mol. The second-order valence-electron chi connectivity index (χ2n) is 5.15. The molecule has 1 fully saturated rings. The van der Waals surface area contributed by atoms with Gasteiger partial charge in [-0.2, -0.15) is 0 Å². The maximum absolute atomic E-state index is 5.64. The Hall–Kier alpha value is 0.884. The lowest BCUT2D eigenvalue weighted by molar-refractivity contribution is 0.330. The average molecular weight is 390 g/mol. The summed E-state index contributed by atoms with van der Waals surface area (Å²) in [6, 6.07) is 1.01. The van der Waals surface area contributed by atoms with Gasteiger partial charge in [-0.1, -0.05) is 71.1 Å². The summed E-state index contributed by atoms with van der Waals surface area (Å²) in [4.78, 5) is 0. The van der Waals surface area contributed by atoms with Crippen molar-refractivity contribution < 1.29 is 20.6 Å². The highest BCUT2D eigenvalue weighted by Gasteiger charge is 2.19. The van der Waals surface area contributed by atoms with Crippen molar-refractivity contribution in [3.63, 3.8) is 0 Å². The molecule has 0 bridgehead atoms. The Kier molecular flexibility index (Phi) is 15.9. The molecule has 0 unspecified atom stereocenters. The summed E-state index contributed by atoms with van der Waals surface area (Å²) in [6.07, 6.45) is 13.5. The minimum atomic E-state index is -1.22. The molecule has 22 heavy (non-hydrogen) atoms. The van der Waals surface area contributed by atoms with Crippen molar-refractivity contribution in [2.75, 3.05) is 0 Å². The van der Waals surface area contributed by atoms with Crippen LogP contribution in [0.2, 0.25) is 6.04 Å². The second kappa shape index (κ2) is 16.7. The molecule has 1 aliphatic heterocycles. The van der Waals surface area contributed by atoms with Crippen LogP contribution in [0.25, 0.3) is 0 Å². The first-order valence-corrected chi connectivity index (χ1v) is 12.9. The highest BCUT2D eigenvalue weighted by molar-refractivity contribution is 6.59. The van der Waals surface area contributed by atoms with E-state index in [2.05, 4.69) is 6.92 Å². The van der Waals surface area contributed by atoms with Gasteiger partial charge in [0.05, 0.1) is 0 Å². The van der Waals surface area contributed by atoms with E-state index < -0.39 is 9.28 Å². The highest BCUT2D eigenvalue weighted by Crippen LogP contribution is 2.12. The Morgan fingerprint density at radius 1 is 0.591 bits per heavy atom. The maximum Gasteiger partial charge on any atom is 0.412 e. The van der Waals surface area contributed by atoms with Crippen molar-refractivity contribution in [3.8, 4) is 0 Å². The molecule has 5 nitrogen and oxygen atoms in total. The van der Waals surface area contributed by atoms with Gasteiger partial charge >= 0.3 is 49.3 Å². The fourth-order valence-electron chi connectivity index (χ4n) is 2.11. The van der Waals surface area contributed by atoms with E-state index in [1.165, 1.54) is 64.2 Å². The summed E-state index contributed by atoms with van der Waals surface area (Å²) in [7, 11) is -1.13. The minimum absolute atomic E-state index is 0.0138. The molecule has 1 rings (SSSR count). The predicted molar refractivity (Wildman–Crippen MR) is 90.8 cm³/mol. The largest absolute Gasteiger partial charge is 0.413 e. The van der Waals surface area contributed by atoms with Crippen molar-refractivity contribution >= 4 is 49.3 Å². The first-order chi connectivity index (χ1) is 10.9. The van der Waals surface area contributed by atoms with Crippen LogP contribution in [0.15, 0.2) is 0 Å². The SMILES string of the molecule is CCCCCCCCCCCC[Si]1O[Si]O[Si]O[Si]O[Si]O1. The van der Waals surface area contributed by atoms with Crippen LogP contribution in [0.3, 0.4) is 0 Å². The van der Waals surface area contributed by atoms with Crippen LogP contribution in [0.5, 0.6) is 0 Å². The molecular formula is C12H25O5Si5. The van der Waals surface area contributed by atoms with Crippen LogP contribution in [-0.4, -0.2) is 49.3 Å². The molecule has 123 valence electrons. The smallest absolute Gasteiger partial charge is 0.412 e. The zero-order valence-corrected chi connectivity index (χ0v) is 18.3. The first kappa shape index (κ1) is 20.9. The fraction of sp³-hybridized carbons (Fsp3) is 1.00. The van der Waals surface area contributed by atoms with Crippen molar-refractivity contribution in [2.45, 2.75) is 77.2 Å². The Labute approximate surface area is 147 Å². The first-order valence-electron chi connectivity index (χ1n) is 8.10. The number of rotatable bonds is 11. The highest BCUT2D eigenvalue weighted by atomic mass is 28.4. The molecule has 0 atom stereocenters. The lowest BCUT2D eigenvalue weighted by Gasteiger charge is -2.15. The molecule has 1 saturated heterocycles. The molecule has 0 amide bonds. The van der Waals surface area contributed by atoms with Crippen molar-refractivity contribution in [2.24, 2.45) is 0 Å². The van der Waals surface area contributed by atoms with Crippen LogP contribution < -0.4 is 0 Å². The van der Waals surface area contributed by atoms with Crippen LogP contribution in [0.1, 0.15) is 71.1 Å². The minimum Gasteiger partial charge on any atom is -0.413 e. The monoisotopic (exact) mass is 389 g/mol. The van der Waals surface area contributed by atoms with Gasteiger partial charge in [-0.3, -0.25) is 0 Å². The molecule has 1 aliphatic rings. The van der Waals surface area contributed by atoms with Gasteiger partial charge < -0.3 is 20.6 Å². The van der Waals surface area contributed by atoms with Crippen LogP contribution in [0, 0.1) is 0 Å². The van der Waals surface area contributed by atoms with Crippen molar-refractivity contribution in [1.82, 2.24) is 0 Å². The molecule has 1 heterocycles. The topological polar surface area (TPSA) is 46.2 Å². The van der Waals surface area contributed by atoms with Gasteiger partial charge in [-0.15, -0.1) is 0 Å². The Bertz CT molecular complexity index is 230. The van der Waals surface area contributed by atoms with Gasteiger partial charge in [0, 0.05) is 0 Å². The normalized spacial score (nSPS) is 18.4. The average Bonchev–Trinajstić information content (AvgIpc) is 2.55. The lowest BCUT2D eigenvalue weighted by Crippen LogP contribution is -2.32. The van der Waals surface area contributed by atoms with E-state index in [-0.39, 0.29) is 40.0 Å². The van der Waals surface area contributed by atoms with E-state index in [0.717, 1.165) is 6.04 Å². The molecule has 0 aromatic rings. The Morgan fingerprint density at radius 3 is 1.59 bits per heavy atom. The summed E-state index contributed by atoms with van der Waals surface area (Å²) < 4.78 is 26.8. The molecule has 0 aliphatic carbocycles. The van der Waals surface area contributed by atoms with Crippen LogP contribution in [-0.2, 0) is 20.6 Å². The summed E-state index contributed by atoms with van der Waals surface area (Å²) in [5.74, 6) is 0. The van der Waals surface area contributed by atoms with Crippen LogP contribution in [0.4, 0.5) is 0 Å². The number of unbranched alkanes of at least 4 members (excludes halogenated alkanes) is 9. The number of hydrogen-bond acceptors (Lipinski definition) is 5.